The number of hydrogen-bond acceptors (Lipinski definition) is 5. The Morgan fingerprint density at radius 1 is 1.32 bits per heavy atom. The number of fused-ring (bicyclic) bond motifs is 1. The van der Waals surface area contributed by atoms with Crippen molar-refractivity contribution in [2.24, 2.45) is 0 Å². The summed E-state index contributed by atoms with van der Waals surface area (Å²) in [6.07, 6.45) is 6.56. The average molecular weight is 457 g/mol. The van der Waals surface area contributed by atoms with Gasteiger partial charge in [-0.05, 0) is 86.8 Å². The number of aryl methyl sites for hydroxylation is 1. The molecule has 1 amide bonds. The molecule has 2 fully saturated rings. The highest BCUT2D eigenvalue weighted by Gasteiger charge is 2.47. The lowest BCUT2D eigenvalue weighted by Gasteiger charge is -2.37. The van der Waals surface area contributed by atoms with Gasteiger partial charge in [-0.2, -0.15) is 0 Å². The molecule has 34 heavy (non-hydrogen) atoms. The molecule has 2 aliphatic rings. The summed E-state index contributed by atoms with van der Waals surface area (Å²) in [5.41, 5.74) is 5.10. The Kier molecular flexibility index (Phi) is 5.78. The number of aromatic nitrogens is 1. The third kappa shape index (κ3) is 4.03. The minimum absolute atomic E-state index is 0.0793. The number of rotatable bonds is 8. The van der Waals surface area contributed by atoms with Gasteiger partial charge in [-0.1, -0.05) is 18.7 Å². The van der Waals surface area contributed by atoms with Gasteiger partial charge in [0.05, 0.1) is 16.7 Å². The molecule has 1 atom stereocenters. The number of carbonyl (C=O) groups excluding carboxylic acids is 1. The Hall–Kier alpha value is -3.38. The third-order valence-corrected chi connectivity index (χ3v) is 7.31. The second-order valence-electron chi connectivity index (χ2n) is 9.53. The van der Waals surface area contributed by atoms with Crippen molar-refractivity contribution in [3.63, 3.8) is 0 Å². The van der Waals surface area contributed by atoms with Gasteiger partial charge in [0.15, 0.2) is 0 Å². The van der Waals surface area contributed by atoms with E-state index < -0.39 is 0 Å². The minimum Gasteiger partial charge on any atom is -0.490 e. The smallest absolute Gasteiger partial charge is 0.252 e. The highest BCUT2D eigenvalue weighted by Crippen LogP contribution is 2.48. The molecular formula is C28H32N4O2. The zero-order valence-electron chi connectivity index (χ0n) is 20.1. The fourth-order valence-corrected chi connectivity index (χ4v) is 4.80. The molecule has 0 radical (unpaired) electrons. The van der Waals surface area contributed by atoms with Crippen LogP contribution in [0.1, 0.15) is 46.3 Å². The van der Waals surface area contributed by atoms with Crippen LogP contribution in [-0.2, 0) is 5.54 Å². The van der Waals surface area contributed by atoms with Gasteiger partial charge in [-0.25, -0.2) is 0 Å². The number of nitrogens with zero attached hydrogens (tertiary/aromatic N) is 2. The molecule has 2 aromatic carbocycles. The summed E-state index contributed by atoms with van der Waals surface area (Å²) >= 11 is 0. The SMILES string of the molecule is C=Cc1cc(C2(NC(=O)c3cc(OCC4CCN4C)c(NC)cc3C)CC2)c2cccnc2c1. The van der Waals surface area contributed by atoms with E-state index in [2.05, 4.69) is 46.3 Å². The molecule has 1 saturated heterocycles. The van der Waals surface area contributed by atoms with Crippen molar-refractivity contribution in [3.8, 4) is 5.75 Å². The van der Waals surface area contributed by atoms with Gasteiger partial charge in [0.1, 0.15) is 12.4 Å². The van der Waals surface area contributed by atoms with Crippen molar-refractivity contribution < 1.29 is 9.53 Å². The molecular weight excluding hydrogens is 424 g/mol. The van der Waals surface area contributed by atoms with Gasteiger partial charge in [0.25, 0.3) is 5.91 Å². The summed E-state index contributed by atoms with van der Waals surface area (Å²) in [4.78, 5) is 20.4. The van der Waals surface area contributed by atoms with E-state index in [1.54, 1.807) is 6.20 Å². The number of nitrogens with one attached hydrogen (secondary N) is 2. The van der Waals surface area contributed by atoms with Crippen LogP contribution in [0.2, 0.25) is 0 Å². The number of pyridine rings is 1. The summed E-state index contributed by atoms with van der Waals surface area (Å²) in [5, 5.41) is 7.64. The second kappa shape index (κ2) is 8.76. The quantitative estimate of drug-likeness (QED) is 0.513. The maximum atomic E-state index is 13.6. The topological polar surface area (TPSA) is 66.5 Å². The van der Waals surface area contributed by atoms with E-state index in [0.29, 0.717) is 24.0 Å². The first-order valence-corrected chi connectivity index (χ1v) is 11.9. The lowest BCUT2D eigenvalue weighted by molar-refractivity contribution is 0.0770. The number of ether oxygens (including phenoxy) is 1. The molecule has 1 unspecified atom stereocenters. The normalized spacial score (nSPS) is 18.7. The van der Waals surface area contributed by atoms with E-state index in [0.717, 1.165) is 59.1 Å². The Morgan fingerprint density at radius 3 is 2.79 bits per heavy atom. The Balaban J connectivity index is 1.44. The predicted octanol–water partition coefficient (Wildman–Crippen LogP) is 4.73. The van der Waals surface area contributed by atoms with E-state index in [-0.39, 0.29) is 11.4 Å². The van der Waals surface area contributed by atoms with E-state index in [1.165, 1.54) is 0 Å². The van der Waals surface area contributed by atoms with Crippen LogP contribution in [0, 0.1) is 6.92 Å². The van der Waals surface area contributed by atoms with Gasteiger partial charge in [0.2, 0.25) is 0 Å². The second-order valence-corrected chi connectivity index (χ2v) is 9.53. The van der Waals surface area contributed by atoms with Gasteiger partial charge in [0, 0.05) is 30.2 Å². The zero-order chi connectivity index (χ0) is 23.9. The minimum atomic E-state index is -0.388. The molecule has 1 aliphatic carbocycles. The van der Waals surface area contributed by atoms with Crippen molar-refractivity contribution in [2.45, 2.75) is 37.8 Å². The molecule has 5 rings (SSSR count). The van der Waals surface area contributed by atoms with Crippen LogP contribution >= 0.6 is 0 Å². The molecule has 176 valence electrons. The molecule has 6 nitrogen and oxygen atoms in total. The third-order valence-electron chi connectivity index (χ3n) is 7.31. The van der Waals surface area contributed by atoms with Gasteiger partial charge >= 0.3 is 0 Å². The van der Waals surface area contributed by atoms with E-state index >= 15 is 0 Å². The molecule has 2 N–H and O–H groups in total. The summed E-state index contributed by atoms with van der Waals surface area (Å²) < 4.78 is 6.16. The summed E-state index contributed by atoms with van der Waals surface area (Å²) in [6.45, 7) is 7.63. The van der Waals surface area contributed by atoms with E-state index in [9.17, 15) is 4.79 Å². The van der Waals surface area contributed by atoms with Crippen LogP contribution in [0.5, 0.6) is 5.75 Å². The van der Waals surface area contributed by atoms with Crippen molar-refractivity contribution >= 4 is 28.6 Å². The van der Waals surface area contributed by atoms with Crippen LogP contribution < -0.4 is 15.4 Å². The molecule has 0 spiro atoms. The number of anilines is 1. The number of hydrogen-bond donors (Lipinski definition) is 2. The van der Waals surface area contributed by atoms with Crippen molar-refractivity contribution in [3.05, 3.63) is 71.4 Å². The Bertz CT molecular complexity index is 1260. The summed E-state index contributed by atoms with van der Waals surface area (Å²) in [6, 6.07) is 12.5. The average Bonchev–Trinajstić information content (AvgIpc) is 3.63. The van der Waals surface area contributed by atoms with Crippen LogP contribution in [0.25, 0.3) is 17.0 Å². The monoisotopic (exact) mass is 456 g/mol. The molecule has 1 aromatic heterocycles. The fraction of sp³-hybridized carbons (Fsp3) is 0.357. The number of carbonyl (C=O) groups is 1. The maximum absolute atomic E-state index is 13.6. The first kappa shape index (κ1) is 22.4. The Labute approximate surface area is 201 Å². The molecule has 0 bridgehead atoms. The number of likely N-dealkylation sites (tertiary alicyclic amines) is 1. The van der Waals surface area contributed by atoms with Gasteiger partial charge in [-0.15, -0.1) is 0 Å². The van der Waals surface area contributed by atoms with Crippen LogP contribution in [-0.4, -0.2) is 49.1 Å². The van der Waals surface area contributed by atoms with Gasteiger partial charge in [-0.3, -0.25) is 14.7 Å². The lowest BCUT2D eigenvalue weighted by Crippen LogP contribution is -2.48. The first-order chi connectivity index (χ1) is 16.4. The molecule has 6 heteroatoms. The van der Waals surface area contributed by atoms with Gasteiger partial charge < -0.3 is 15.4 Å². The predicted molar refractivity (Wildman–Crippen MR) is 137 cm³/mol. The summed E-state index contributed by atoms with van der Waals surface area (Å²) in [5.74, 6) is 0.635. The van der Waals surface area contributed by atoms with Crippen LogP contribution in [0.3, 0.4) is 0 Å². The summed E-state index contributed by atoms with van der Waals surface area (Å²) in [7, 11) is 3.99. The fourth-order valence-electron chi connectivity index (χ4n) is 4.80. The number of benzene rings is 2. The van der Waals surface area contributed by atoms with Crippen LogP contribution in [0.4, 0.5) is 5.69 Å². The van der Waals surface area contributed by atoms with E-state index in [1.807, 2.05) is 44.3 Å². The maximum Gasteiger partial charge on any atom is 0.252 e. The van der Waals surface area contributed by atoms with Crippen molar-refractivity contribution in [1.82, 2.24) is 15.2 Å². The standard InChI is InChI=1S/C28H32N4O2/c1-5-19-14-23(21-7-6-11-30-24(21)15-19)28(9-10-28)31-27(33)22-16-26(25(29-3)13-18(22)2)34-17-20-8-12-32(20)4/h5-7,11,13-16,20,29H,1,8-10,12,17H2,2-4H3,(H,31,33). The van der Waals surface area contributed by atoms with Crippen LogP contribution in [0.15, 0.2) is 49.2 Å². The highest BCUT2D eigenvalue weighted by molar-refractivity contribution is 5.98. The lowest BCUT2D eigenvalue weighted by atomic mass is 9.95. The number of amides is 1. The zero-order valence-corrected chi connectivity index (χ0v) is 20.1. The van der Waals surface area contributed by atoms with Crippen molar-refractivity contribution in [1.29, 1.82) is 0 Å². The molecule has 2 heterocycles. The van der Waals surface area contributed by atoms with Crippen molar-refractivity contribution in [2.75, 3.05) is 32.6 Å². The number of likely N-dealkylation sites (N-methyl/N-ethyl adjacent to an activating group) is 1. The highest BCUT2D eigenvalue weighted by atomic mass is 16.5. The molecule has 1 aliphatic heterocycles. The molecule has 3 aromatic rings. The first-order valence-electron chi connectivity index (χ1n) is 11.9. The largest absolute Gasteiger partial charge is 0.490 e. The van der Waals surface area contributed by atoms with E-state index in [4.69, 9.17) is 4.74 Å². The Morgan fingerprint density at radius 2 is 2.15 bits per heavy atom. The molecule has 1 saturated carbocycles.